The Labute approximate surface area is 99.1 Å². The number of nitrogens with zero attached hydrogens (tertiary/aromatic N) is 1. The molecule has 0 saturated heterocycles. The van der Waals surface area contributed by atoms with Crippen LogP contribution in [0, 0.1) is 0 Å². The van der Waals surface area contributed by atoms with Crippen molar-refractivity contribution in [3.8, 4) is 16.9 Å². The molecular weight excluding hydrogens is 216 g/mol. The molecule has 0 bridgehead atoms. The van der Waals surface area contributed by atoms with Gasteiger partial charge in [-0.3, -0.25) is 4.79 Å². The van der Waals surface area contributed by atoms with Crippen LogP contribution in [0.3, 0.4) is 0 Å². The van der Waals surface area contributed by atoms with Gasteiger partial charge in [0.15, 0.2) is 11.6 Å². The normalized spacial score (nSPS) is 9.94. The number of carbonyl (C=O) groups excluding carboxylic acids is 1. The Hall–Kier alpha value is -2.36. The molecule has 0 fully saturated rings. The zero-order chi connectivity index (χ0) is 12.3. The molecule has 17 heavy (non-hydrogen) atoms. The molecule has 2 rings (SSSR count). The van der Waals surface area contributed by atoms with Crippen molar-refractivity contribution < 1.29 is 9.53 Å². The first-order chi connectivity index (χ1) is 8.24. The molecule has 0 amide bonds. The monoisotopic (exact) mass is 228 g/mol. The Bertz CT molecular complexity index is 536. The largest absolute Gasteiger partial charge is 0.493 e. The van der Waals surface area contributed by atoms with Crippen LogP contribution in [0.1, 0.15) is 10.4 Å². The fourth-order valence-corrected chi connectivity index (χ4v) is 1.53. The van der Waals surface area contributed by atoms with Gasteiger partial charge >= 0.3 is 0 Å². The summed E-state index contributed by atoms with van der Waals surface area (Å²) in [6.07, 6.45) is 2.49. The summed E-state index contributed by atoms with van der Waals surface area (Å²) >= 11 is 0. The van der Waals surface area contributed by atoms with E-state index in [1.807, 2.05) is 18.2 Å². The van der Waals surface area contributed by atoms with Gasteiger partial charge in [-0.25, -0.2) is 4.98 Å². The summed E-state index contributed by atoms with van der Waals surface area (Å²) < 4.78 is 5.11. The number of hydrogen-bond donors (Lipinski definition) is 1. The number of anilines is 1. The molecule has 0 spiro atoms. The van der Waals surface area contributed by atoms with E-state index in [4.69, 9.17) is 10.5 Å². The summed E-state index contributed by atoms with van der Waals surface area (Å²) in [5.41, 5.74) is 8.14. The average Bonchev–Trinajstić information content (AvgIpc) is 2.39. The van der Waals surface area contributed by atoms with E-state index in [2.05, 4.69) is 4.98 Å². The van der Waals surface area contributed by atoms with Crippen LogP contribution in [0.4, 0.5) is 5.82 Å². The molecule has 0 aliphatic rings. The summed E-state index contributed by atoms with van der Waals surface area (Å²) in [5, 5.41) is 0. The number of rotatable bonds is 3. The van der Waals surface area contributed by atoms with Gasteiger partial charge in [-0.05, 0) is 11.6 Å². The second-order valence-corrected chi connectivity index (χ2v) is 3.55. The smallest absolute Gasteiger partial charge is 0.166 e. The second-order valence-electron chi connectivity index (χ2n) is 3.55. The van der Waals surface area contributed by atoms with Gasteiger partial charge in [-0.15, -0.1) is 0 Å². The minimum Gasteiger partial charge on any atom is -0.493 e. The Morgan fingerprint density at radius 1 is 1.24 bits per heavy atom. The molecule has 1 aromatic carbocycles. The first kappa shape index (κ1) is 11.1. The maximum absolute atomic E-state index is 10.6. The zero-order valence-electron chi connectivity index (χ0n) is 9.38. The molecule has 0 aliphatic heterocycles. The van der Waals surface area contributed by atoms with E-state index in [0.717, 1.165) is 17.4 Å². The SMILES string of the molecule is COc1cc(-c2ccc(C=O)cc2)cnc1N. The highest BCUT2D eigenvalue weighted by Crippen LogP contribution is 2.26. The highest BCUT2D eigenvalue weighted by atomic mass is 16.5. The standard InChI is InChI=1S/C13H12N2O2/c1-17-12-6-11(7-15-13(12)14)10-4-2-9(8-16)3-5-10/h2-8H,1H3,(H2,14,15). The number of hydrogen-bond acceptors (Lipinski definition) is 4. The van der Waals surface area contributed by atoms with Crippen LogP contribution in [0.15, 0.2) is 36.5 Å². The van der Waals surface area contributed by atoms with Crippen LogP contribution in [-0.2, 0) is 0 Å². The van der Waals surface area contributed by atoms with Crippen molar-refractivity contribution in [3.05, 3.63) is 42.1 Å². The van der Waals surface area contributed by atoms with E-state index in [0.29, 0.717) is 17.1 Å². The van der Waals surface area contributed by atoms with Gasteiger partial charge in [-0.2, -0.15) is 0 Å². The Kier molecular flexibility index (Phi) is 3.05. The van der Waals surface area contributed by atoms with E-state index in [1.165, 1.54) is 0 Å². The molecule has 2 N–H and O–H groups in total. The lowest BCUT2D eigenvalue weighted by molar-refractivity contribution is 0.112. The fraction of sp³-hybridized carbons (Fsp3) is 0.0769. The number of nitrogen functional groups attached to an aromatic ring is 1. The summed E-state index contributed by atoms with van der Waals surface area (Å²) in [5.74, 6) is 0.905. The Morgan fingerprint density at radius 2 is 1.94 bits per heavy atom. The maximum Gasteiger partial charge on any atom is 0.166 e. The van der Waals surface area contributed by atoms with Crippen molar-refractivity contribution >= 4 is 12.1 Å². The van der Waals surface area contributed by atoms with Crippen LogP contribution < -0.4 is 10.5 Å². The molecule has 4 nitrogen and oxygen atoms in total. The van der Waals surface area contributed by atoms with Crippen molar-refractivity contribution in [3.63, 3.8) is 0 Å². The van der Waals surface area contributed by atoms with Gasteiger partial charge in [-0.1, -0.05) is 24.3 Å². The van der Waals surface area contributed by atoms with Gasteiger partial charge in [0.1, 0.15) is 6.29 Å². The zero-order valence-corrected chi connectivity index (χ0v) is 9.38. The maximum atomic E-state index is 10.6. The number of benzene rings is 1. The Balaban J connectivity index is 2.41. The molecule has 1 heterocycles. The molecular formula is C13H12N2O2. The number of ether oxygens (including phenoxy) is 1. The Morgan fingerprint density at radius 3 is 2.53 bits per heavy atom. The van der Waals surface area contributed by atoms with Gasteiger partial charge in [0.2, 0.25) is 0 Å². The molecule has 2 aromatic rings. The number of aldehydes is 1. The molecule has 4 heteroatoms. The van der Waals surface area contributed by atoms with Crippen LogP contribution in [0.2, 0.25) is 0 Å². The lowest BCUT2D eigenvalue weighted by atomic mass is 10.1. The van der Waals surface area contributed by atoms with Gasteiger partial charge in [0.25, 0.3) is 0 Å². The molecule has 0 aliphatic carbocycles. The highest BCUT2D eigenvalue weighted by molar-refractivity contribution is 5.77. The van der Waals surface area contributed by atoms with E-state index >= 15 is 0 Å². The molecule has 0 radical (unpaired) electrons. The second kappa shape index (κ2) is 4.65. The number of methoxy groups -OCH3 is 1. The first-order valence-electron chi connectivity index (χ1n) is 5.09. The lowest BCUT2D eigenvalue weighted by Crippen LogP contribution is -1.95. The minimum absolute atomic E-state index is 0.362. The third-order valence-corrected chi connectivity index (χ3v) is 2.48. The van der Waals surface area contributed by atoms with Crippen molar-refractivity contribution in [2.24, 2.45) is 0 Å². The fourth-order valence-electron chi connectivity index (χ4n) is 1.53. The minimum atomic E-state index is 0.362. The van der Waals surface area contributed by atoms with Crippen molar-refractivity contribution in [1.82, 2.24) is 4.98 Å². The predicted octanol–water partition coefficient (Wildman–Crippen LogP) is 2.15. The predicted molar refractivity (Wildman–Crippen MR) is 66.0 cm³/mol. The van der Waals surface area contributed by atoms with Crippen LogP contribution in [0.25, 0.3) is 11.1 Å². The van der Waals surface area contributed by atoms with Crippen molar-refractivity contribution in [1.29, 1.82) is 0 Å². The van der Waals surface area contributed by atoms with Gasteiger partial charge in [0, 0.05) is 17.3 Å². The molecule has 0 atom stereocenters. The van der Waals surface area contributed by atoms with Gasteiger partial charge in [0.05, 0.1) is 7.11 Å². The molecule has 0 unspecified atom stereocenters. The number of nitrogens with two attached hydrogens (primary N) is 1. The van der Waals surface area contributed by atoms with E-state index < -0.39 is 0 Å². The number of pyridine rings is 1. The third-order valence-electron chi connectivity index (χ3n) is 2.48. The van der Waals surface area contributed by atoms with Crippen molar-refractivity contribution in [2.75, 3.05) is 12.8 Å². The molecule has 86 valence electrons. The van der Waals surface area contributed by atoms with Gasteiger partial charge < -0.3 is 10.5 Å². The summed E-state index contributed by atoms with van der Waals surface area (Å²) in [6, 6.07) is 9.04. The van der Waals surface area contributed by atoms with E-state index in [1.54, 1.807) is 25.4 Å². The van der Waals surface area contributed by atoms with E-state index in [-0.39, 0.29) is 0 Å². The molecule has 0 saturated carbocycles. The highest BCUT2D eigenvalue weighted by Gasteiger charge is 2.04. The average molecular weight is 228 g/mol. The quantitative estimate of drug-likeness (QED) is 0.817. The summed E-state index contributed by atoms with van der Waals surface area (Å²) in [7, 11) is 1.55. The first-order valence-corrected chi connectivity index (χ1v) is 5.09. The summed E-state index contributed by atoms with van der Waals surface area (Å²) in [6.45, 7) is 0. The number of carbonyl (C=O) groups is 1. The third kappa shape index (κ3) is 2.25. The molecule has 1 aromatic heterocycles. The van der Waals surface area contributed by atoms with Crippen LogP contribution in [0.5, 0.6) is 5.75 Å². The van der Waals surface area contributed by atoms with E-state index in [9.17, 15) is 4.79 Å². The van der Waals surface area contributed by atoms with Crippen LogP contribution in [-0.4, -0.2) is 18.4 Å². The van der Waals surface area contributed by atoms with Crippen LogP contribution >= 0.6 is 0 Å². The summed E-state index contributed by atoms with van der Waals surface area (Å²) in [4.78, 5) is 14.6. The lowest BCUT2D eigenvalue weighted by Gasteiger charge is -2.06. The number of aromatic nitrogens is 1. The topological polar surface area (TPSA) is 65.2 Å². The van der Waals surface area contributed by atoms with Crippen molar-refractivity contribution in [2.45, 2.75) is 0 Å².